The molecular weight excluding hydrogens is 264 g/mol. The van der Waals surface area contributed by atoms with Gasteiger partial charge in [0.25, 0.3) is 0 Å². The van der Waals surface area contributed by atoms with E-state index in [1.54, 1.807) is 6.20 Å². The highest BCUT2D eigenvalue weighted by Gasteiger charge is 2.04. The van der Waals surface area contributed by atoms with Crippen molar-refractivity contribution in [2.75, 3.05) is 0 Å². The highest BCUT2D eigenvalue weighted by Crippen LogP contribution is 2.22. The van der Waals surface area contributed by atoms with Gasteiger partial charge >= 0.3 is 0 Å². The van der Waals surface area contributed by atoms with Gasteiger partial charge in [-0.15, -0.1) is 0 Å². The highest BCUT2D eigenvalue weighted by molar-refractivity contribution is 5.89. The topological polar surface area (TPSA) is 58.9 Å². The molecule has 0 aliphatic heterocycles. The van der Waals surface area contributed by atoms with Crippen LogP contribution in [0.4, 0.5) is 0 Å². The monoisotopic (exact) mass is 278 g/mol. The van der Waals surface area contributed by atoms with Crippen LogP contribution in [0.5, 0.6) is 0 Å². The molecule has 0 amide bonds. The van der Waals surface area contributed by atoms with E-state index in [1.165, 1.54) is 17.2 Å². The first-order chi connectivity index (χ1) is 10.2. The Hall–Kier alpha value is -2.88. The van der Waals surface area contributed by atoms with Gasteiger partial charge in [-0.25, -0.2) is 0 Å². The number of rotatable bonds is 4. The molecule has 0 aliphatic carbocycles. The molecule has 0 saturated heterocycles. The van der Waals surface area contributed by atoms with Crippen LogP contribution in [0, 0.1) is 10.1 Å². The van der Waals surface area contributed by atoms with E-state index in [0.29, 0.717) is 0 Å². The molecule has 1 N–H and O–H groups in total. The fourth-order valence-electron chi connectivity index (χ4n) is 2.41. The third-order valence-corrected chi connectivity index (χ3v) is 3.41. The highest BCUT2D eigenvalue weighted by atomic mass is 16.6. The first kappa shape index (κ1) is 13.1. The Labute approximate surface area is 121 Å². The quantitative estimate of drug-likeness (QED) is 0.579. The third-order valence-electron chi connectivity index (χ3n) is 3.41. The Kier molecular flexibility index (Phi) is 3.51. The van der Waals surface area contributed by atoms with Crippen LogP contribution in [-0.2, 0) is 6.42 Å². The van der Waals surface area contributed by atoms with Crippen LogP contribution in [-0.4, -0.2) is 9.91 Å². The molecule has 21 heavy (non-hydrogen) atoms. The first-order valence-corrected chi connectivity index (χ1v) is 6.68. The van der Waals surface area contributed by atoms with Gasteiger partial charge < -0.3 is 4.98 Å². The van der Waals surface area contributed by atoms with Crippen molar-refractivity contribution in [1.29, 1.82) is 0 Å². The lowest BCUT2D eigenvalue weighted by atomic mass is 10.0. The van der Waals surface area contributed by atoms with Crippen molar-refractivity contribution in [2.24, 2.45) is 0 Å². The summed E-state index contributed by atoms with van der Waals surface area (Å²) < 4.78 is 0. The van der Waals surface area contributed by atoms with Crippen molar-refractivity contribution in [3.63, 3.8) is 0 Å². The minimum atomic E-state index is -0.452. The average Bonchev–Trinajstić information content (AvgIpc) is 2.88. The van der Waals surface area contributed by atoms with Gasteiger partial charge in [-0.2, -0.15) is 0 Å². The number of nitrogens with one attached hydrogen (secondary N) is 1. The second-order valence-electron chi connectivity index (χ2n) is 4.89. The fourth-order valence-corrected chi connectivity index (χ4v) is 2.41. The molecule has 0 aliphatic rings. The number of nitro groups is 1. The minimum Gasteiger partial charge on any atom is -0.361 e. The largest absolute Gasteiger partial charge is 0.361 e. The molecule has 3 rings (SSSR count). The maximum atomic E-state index is 10.4. The minimum absolute atomic E-state index is 0.452. The van der Waals surface area contributed by atoms with E-state index in [9.17, 15) is 10.1 Å². The summed E-state index contributed by atoms with van der Waals surface area (Å²) in [7, 11) is 0. The van der Waals surface area contributed by atoms with Crippen LogP contribution in [0.15, 0.2) is 60.9 Å². The SMILES string of the molecule is O=[N+]([O-])C=Cc1c[nH]c2ccc(Cc3ccccc3)cc12. The number of aromatic nitrogens is 1. The molecule has 4 nitrogen and oxygen atoms in total. The molecule has 0 spiro atoms. The second-order valence-corrected chi connectivity index (χ2v) is 4.89. The van der Waals surface area contributed by atoms with Gasteiger partial charge in [0.05, 0.1) is 4.92 Å². The molecule has 1 aromatic heterocycles. The maximum absolute atomic E-state index is 10.4. The number of fused-ring (bicyclic) bond motifs is 1. The number of H-pyrrole nitrogens is 1. The zero-order valence-electron chi connectivity index (χ0n) is 11.3. The fraction of sp³-hybridized carbons (Fsp3) is 0.0588. The molecule has 4 heteroatoms. The summed E-state index contributed by atoms with van der Waals surface area (Å²) in [6.45, 7) is 0. The van der Waals surface area contributed by atoms with Gasteiger partial charge in [-0.3, -0.25) is 10.1 Å². The summed E-state index contributed by atoms with van der Waals surface area (Å²) in [4.78, 5) is 13.1. The average molecular weight is 278 g/mol. The van der Waals surface area contributed by atoms with Gasteiger partial charge in [-0.1, -0.05) is 36.4 Å². The molecule has 2 aromatic carbocycles. The van der Waals surface area contributed by atoms with Crippen molar-refractivity contribution in [3.8, 4) is 0 Å². The Bertz CT molecular complexity index is 804. The van der Waals surface area contributed by atoms with E-state index in [2.05, 4.69) is 29.2 Å². The van der Waals surface area contributed by atoms with Gasteiger partial charge in [0.1, 0.15) is 0 Å². The predicted molar refractivity (Wildman–Crippen MR) is 83.6 cm³/mol. The molecule has 0 atom stereocenters. The van der Waals surface area contributed by atoms with Crippen LogP contribution in [0.2, 0.25) is 0 Å². The van der Waals surface area contributed by atoms with Crippen LogP contribution >= 0.6 is 0 Å². The maximum Gasteiger partial charge on any atom is 0.235 e. The number of benzene rings is 2. The molecule has 0 unspecified atom stereocenters. The van der Waals surface area contributed by atoms with E-state index >= 15 is 0 Å². The summed E-state index contributed by atoms with van der Waals surface area (Å²) in [6, 6.07) is 16.4. The standard InChI is InChI=1S/C17H14N2O2/c20-19(21)9-8-15-12-18-17-7-6-14(11-16(15)17)10-13-4-2-1-3-5-13/h1-9,11-12,18H,10H2. The summed E-state index contributed by atoms with van der Waals surface area (Å²) in [5, 5.41) is 11.4. The van der Waals surface area contributed by atoms with E-state index in [1.807, 2.05) is 24.3 Å². The molecule has 0 radical (unpaired) electrons. The van der Waals surface area contributed by atoms with Crippen LogP contribution in [0.3, 0.4) is 0 Å². The van der Waals surface area contributed by atoms with Gasteiger partial charge in [0, 0.05) is 28.7 Å². The van der Waals surface area contributed by atoms with Crippen LogP contribution in [0.1, 0.15) is 16.7 Å². The zero-order chi connectivity index (χ0) is 14.7. The number of aromatic amines is 1. The van der Waals surface area contributed by atoms with Gasteiger partial charge in [0.2, 0.25) is 6.20 Å². The van der Waals surface area contributed by atoms with Crippen molar-refractivity contribution in [3.05, 3.63) is 87.7 Å². The molecular formula is C17H14N2O2. The predicted octanol–water partition coefficient (Wildman–Crippen LogP) is 4.01. The molecule has 104 valence electrons. The summed E-state index contributed by atoms with van der Waals surface area (Å²) in [5.41, 5.74) is 4.24. The number of nitrogens with zero attached hydrogens (tertiary/aromatic N) is 1. The Morgan fingerprint density at radius 3 is 2.67 bits per heavy atom. The summed E-state index contributed by atoms with van der Waals surface area (Å²) in [6.07, 6.45) is 5.12. The summed E-state index contributed by atoms with van der Waals surface area (Å²) >= 11 is 0. The lowest BCUT2D eigenvalue weighted by molar-refractivity contribution is -0.400. The second kappa shape index (κ2) is 5.63. The number of hydrogen-bond acceptors (Lipinski definition) is 2. The molecule has 3 aromatic rings. The van der Waals surface area contributed by atoms with Gasteiger partial charge in [-0.05, 0) is 29.7 Å². The Balaban J connectivity index is 1.95. The lowest BCUT2D eigenvalue weighted by Crippen LogP contribution is -1.87. The normalized spacial score (nSPS) is 11.2. The first-order valence-electron chi connectivity index (χ1n) is 6.68. The van der Waals surface area contributed by atoms with Crippen molar-refractivity contribution >= 4 is 17.0 Å². The van der Waals surface area contributed by atoms with E-state index < -0.39 is 4.92 Å². The lowest BCUT2D eigenvalue weighted by Gasteiger charge is -2.02. The van der Waals surface area contributed by atoms with Gasteiger partial charge in [0.15, 0.2) is 0 Å². The van der Waals surface area contributed by atoms with Crippen molar-refractivity contribution < 1.29 is 4.92 Å². The Morgan fingerprint density at radius 1 is 1.10 bits per heavy atom. The zero-order valence-corrected chi connectivity index (χ0v) is 11.3. The van der Waals surface area contributed by atoms with Crippen LogP contribution < -0.4 is 0 Å². The van der Waals surface area contributed by atoms with E-state index in [0.717, 1.165) is 29.1 Å². The Morgan fingerprint density at radius 2 is 1.90 bits per heavy atom. The molecule has 1 heterocycles. The summed E-state index contributed by atoms with van der Waals surface area (Å²) in [5.74, 6) is 0. The molecule has 0 fully saturated rings. The van der Waals surface area contributed by atoms with Crippen molar-refractivity contribution in [1.82, 2.24) is 4.98 Å². The smallest absolute Gasteiger partial charge is 0.235 e. The van der Waals surface area contributed by atoms with Crippen molar-refractivity contribution in [2.45, 2.75) is 6.42 Å². The molecule has 0 saturated carbocycles. The molecule has 0 bridgehead atoms. The van der Waals surface area contributed by atoms with E-state index in [-0.39, 0.29) is 0 Å². The van der Waals surface area contributed by atoms with Crippen LogP contribution in [0.25, 0.3) is 17.0 Å². The number of hydrogen-bond donors (Lipinski definition) is 1. The van der Waals surface area contributed by atoms with E-state index in [4.69, 9.17) is 0 Å². The third kappa shape index (κ3) is 3.00.